The summed E-state index contributed by atoms with van der Waals surface area (Å²) in [6.45, 7) is 1.26. The van der Waals surface area contributed by atoms with E-state index in [4.69, 9.17) is 0 Å². The molecule has 0 bridgehead atoms. The summed E-state index contributed by atoms with van der Waals surface area (Å²) >= 11 is 0. The van der Waals surface area contributed by atoms with Crippen molar-refractivity contribution in [2.24, 2.45) is 0 Å². The van der Waals surface area contributed by atoms with Gasteiger partial charge in [-0.15, -0.1) is 0 Å². The number of carbonyl (C=O) groups excluding carboxylic acids is 1. The molecule has 3 N–H and O–H groups in total. The number of hydrogen-bond donors (Lipinski definition) is 3. The number of H-pyrrole nitrogens is 1. The van der Waals surface area contributed by atoms with Gasteiger partial charge in [-0.05, 0) is 19.3 Å². The van der Waals surface area contributed by atoms with Crippen LogP contribution in [0.5, 0.6) is 0 Å². The molecule has 0 spiro atoms. The van der Waals surface area contributed by atoms with Gasteiger partial charge in [-0.1, -0.05) is 12.8 Å². The zero-order valence-electron chi connectivity index (χ0n) is 12.5. The summed E-state index contributed by atoms with van der Waals surface area (Å²) in [7, 11) is 0. The maximum absolute atomic E-state index is 12.1. The Labute approximate surface area is 128 Å². The van der Waals surface area contributed by atoms with Crippen LogP contribution in [0.3, 0.4) is 0 Å². The van der Waals surface area contributed by atoms with E-state index in [9.17, 15) is 14.7 Å². The molecule has 120 valence electrons. The molecule has 2 aliphatic rings. The van der Waals surface area contributed by atoms with Crippen molar-refractivity contribution in [1.82, 2.24) is 15.3 Å². The predicted octanol–water partition coefficient (Wildman–Crippen LogP) is 0.160. The molecular formula is C15H22N4O3. The average molecular weight is 306 g/mol. The van der Waals surface area contributed by atoms with Crippen molar-refractivity contribution in [2.45, 2.75) is 50.2 Å². The van der Waals surface area contributed by atoms with Gasteiger partial charge in [0.25, 0.3) is 5.56 Å². The van der Waals surface area contributed by atoms with Crippen molar-refractivity contribution >= 4 is 11.7 Å². The predicted molar refractivity (Wildman–Crippen MR) is 81.7 cm³/mol. The topological polar surface area (TPSA) is 98.3 Å². The van der Waals surface area contributed by atoms with E-state index < -0.39 is 5.60 Å². The Morgan fingerprint density at radius 3 is 3.00 bits per heavy atom. The van der Waals surface area contributed by atoms with E-state index in [-0.39, 0.29) is 23.9 Å². The summed E-state index contributed by atoms with van der Waals surface area (Å²) in [6, 6.07) is -0.00101. The maximum Gasteiger partial charge on any atom is 0.290 e. The van der Waals surface area contributed by atoms with Crippen LogP contribution in [0, 0.1) is 0 Å². The monoisotopic (exact) mass is 306 g/mol. The quantitative estimate of drug-likeness (QED) is 0.736. The smallest absolute Gasteiger partial charge is 0.290 e. The Bertz CT molecular complexity index is 594. The lowest BCUT2D eigenvalue weighted by Crippen LogP contribution is -2.41. The first-order valence-corrected chi connectivity index (χ1v) is 7.86. The van der Waals surface area contributed by atoms with E-state index in [0.29, 0.717) is 31.7 Å². The number of aromatic amines is 1. The Kier molecular flexibility index (Phi) is 4.15. The lowest BCUT2D eigenvalue weighted by Gasteiger charge is -2.22. The van der Waals surface area contributed by atoms with Crippen molar-refractivity contribution in [3.05, 3.63) is 22.7 Å². The second kappa shape index (κ2) is 6.08. The minimum atomic E-state index is -0.819. The van der Waals surface area contributed by atoms with E-state index in [0.717, 1.165) is 19.3 Å². The molecule has 0 radical (unpaired) electrons. The summed E-state index contributed by atoms with van der Waals surface area (Å²) in [6.07, 6.45) is 7.41. The van der Waals surface area contributed by atoms with E-state index in [1.165, 1.54) is 6.20 Å². The van der Waals surface area contributed by atoms with Crippen LogP contribution in [0.15, 0.2) is 17.2 Å². The van der Waals surface area contributed by atoms with Crippen LogP contribution in [0.25, 0.3) is 0 Å². The van der Waals surface area contributed by atoms with E-state index in [1.54, 1.807) is 6.20 Å². The highest BCUT2D eigenvalue weighted by Gasteiger charge is 2.34. The fourth-order valence-corrected chi connectivity index (χ4v) is 3.43. The molecule has 1 amide bonds. The normalized spacial score (nSPS) is 23.7. The number of nitrogens with zero attached hydrogens (tertiary/aromatic N) is 2. The van der Waals surface area contributed by atoms with Gasteiger partial charge in [0.05, 0.1) is 12.0 Å². The van der Waals surface area contributed by atoms with Gasteiger partial charge in [0.2, 0.25) is 5.91 Å². The van der Waals surface area contributed by atoms with Crippen LogP contribution >= 0.6 is 0 Å². The maximum atomic E-state index is 12.1. The van der Waals surface area contributed by atoms with Crippen LogP contribution in [0.1, 0.15) is 38.5 Å². The molecule has 1 aromatic heterocycles. The Morgan fingerprint density at radius 1 is 1.50 bits per heavy atom. The number of hydrogen-bond acceptors (Lipinski definition) is 5. The summed E-state index contributed by atoms with van der Waals surface area (Å²) < 4.78 is 0. The van der Waals surface area contributed by atoms with Gasteiger partial charge in [0, 0.05) is 31.5 Å². The minimum absolute atomic E-state index is 0.00101. The molecular weight excluding hydrogens is 284 g/mol. The third-order valence-corrected chi connectivity index (χ3v) is 4.57. The molecule has 1 saturated carbocycles. The number of aromatic nitrogens is 2. The van der Waals surface area contributed by atoms with Crippen LogP contribution in [-0.4, -0.2) is 45.7 Å². The minimum Gasteiger partial charge on any atom is -0.389 e. The largest absolute Gasteiger partial charge is 0.389 e. The zero-order valence-corrected chi connectivity index (χ0v) is 12.5. The Balaban J connectivity index is 1.54. The molecule has 1 aromatic rings. The molecule has 1 aliphatic carbocycles. The molecule has 7 heteroatoms. The molecule has 1 saturated heterocycles. The summed E-state index contributed by atoms with van der Waals surface area (Å²) in [4.78, 5) is 32.4. The second-order valence-electron chi connectivity index (χ2n) is 6.35. The molecule has 22 heavy (non-hydrogen) atoms. The highest BCUT2D eigenvalue weighted by atomic mass is 16.3. The average Bonchev–Trinajstić information content (AvgIpc) is 3.09. The van der Waals surface area contributed by atoms with Crippen LogP contribution < -0.4 is 15.8 Å². The highest BCUT2D eigenvalue weighted by molar-refractivity contribution is 5.77. The zero-order chi connectivity index (χ0) is 15.6. The van der Waals surface area contributed by atoms with Crippen molar-refractivity contribution in [2.75, 3.05) is 18.0 Å². The van der Waals surface area contributed by atoms with Gasteiger partial charge in [-0.25, -0.2) is 4.98 Å². The van der Waals surface area contributed by atoms with Crippen LogP contribution in [0.4, 0.5) is 5.82 Å². The van der Waals surface area contributed by atoms with Gasteiger partial charge in [0.1, 0.15) is 0 Å². The fourth-order valence-electron chi connectivity index (χ4n) is 3.43. The van der Waals surface area contributed by atoms with E-state index >= 15 is 0 Å². The second-order valence-corrected chi connectivity index (χ2v) is 6.35. The Morgan fingerprint density at radius 2 is 2.27 bits per heavy atom. The summed E-state index contributed by atoms with van der Waals surface area (Å²) in [5.41, 5.74) is -1.03. The molecule has 3 rings (SSSR count). The first-order valence-electron chi connectivity index (χ1n) is 7.86. The van der Waals surface area contributed by atoms with Crippen molar-refractivity contribution < 1.29 is 9.90 Å². The Hall–Kier alpha value is -1.89. The molecule has 0 aromatic carbocycles. The van der Waals surface area contributed by atoms with E-state index in [1.807, 2.05) is 4.90 Å². The van der Waals surface area contributed by atoms with Crippen molar-refractivity contribution in [3.8, 4) is 0 Å². The molecule has 2 heterocycles. The van der Waals surface area contributed by atoms with Gasteiger partial charge in [-0.3, -0.25) is 9.59 Å². The number of anilines is 1. The van der Waals surface area contributed by atoms with Gasteiger partial charge < -0.3 is 20.3 Å². The van der Waals surface area contributed by atoms with Crippen molar-refractivity contribution in [1.29, 1.82) is 0 Å². The van der Waals surface area contributed by atoms with Crippen LogP contribution in [0.2, 0.25) is 0 Å². The van der Waals surface area contributed by atoms with Gasteiger partial charge in [0.15, 0.2) is 5.82 Å². The molecule has 7 nitrogen and oxygen atoms in total. The standard InChI is InChI=1S/C15H22N4O3/c20-12(9-15(22)4-1-2-5-15)18-11-3-8-19(10-11)13-14(21)17-7-6-16-13/h6-7,11,22H,1-5,8-10H2,(H,17,21)(H,18,20). The first-order chi connectivity index (χ1) is 10.6. The third kappa shape index (κ3) is 3.30. The molecule has 2 fully saturated rings. The van der Waals surface area contributed by atoms with Crippen LogP contribution in [-0.2, 0) is 4.79 Å². The highest BCUT2D eigenvalue weighted by Crippen LogP contribution is 2.32. The third-order valence-electron chi connectivity index (χ3n) is 4.57. The van der Waals surface area contributed by atoms with Crippen molar-refractivity contribution in [3.63, 3.8) is 0 Å². The molecule has 1 aliphatic heterocycles. The van der Waals surface area contributed by atoms with E-state index in [2.05, 4.69) is 15.3 Å². The number of amides is 1. The van der Waals surface area contributed by atoms with Gasteiger partial charge >= 0.3 is 0 Å². The summed E-state index contributed by atoms with van der Waals surface area (Å²) in [5, 5.41) is 13.2. The fraction of sp³-hybridized carbons (Fsp3) is 0.667. The SMILES string of the molecule is O=C(CC1(O)CCCC1)NC1CCN(c2ncc[nH]c2=O)C1. The van der Waals surface area contributed by atoms with Gasteiger partial charge in [-0.2, -0.15) is 0 Å². The molecule has 1 atom stereocenters. The number of aliphatic hydroxyl groups is 1. The first kappa shape index (κ1) is 15.0. The molecule has 1 unspecified atom stereocenters. The number of rotatable bonds is 4. The summed E-state index contributed by atoms with van der Waals surface area (Å²) in [5.74, 6) is 0.292. The number of nitrogens with one attached hydrogen (secondary N) is 2. The lowest BCUT2D eigenvalue weighted by atomic mass is 9.97. The lowest BCUT2D eigenvalue weighted by molar-refractivity contribution is -0.126. The number of carbonyl (C=O) groups is 1.